The van der Waals surface area contributed by atoms with E-state index in [1.54, 1.807) is 0 Å². The van der Waals surface area contributed by atoms with E-state index >= 15 is 0 Å². The third-order valence-corrected chi connectivity index (χ3v) is 4.43. The molecule has 3 nitrogen and oxygen atoms in total. The highest BCUT2D eigenvalue weighted by Crippen LogP contribution is 2.25. The van der Waals surface area contributed by atoms with E-state index in [2.05, 4.69) is 53.3 Å². The predicted molar refractivity (Wildman–Crippen MR) is 93.4 cm³/mol. The summed E-state index contributed by atoms with van der Waals surface area (Å²) in [5, 5.41) is 3.51. The molecule has 22 heavy (non-hydrogen) atoms. The van der Waals surface area contributed by atoms with Gasteiger partial charge in [0.05, 0.1) is 0 Å². The Labute approximate surface area is 139 Å². The molecule has 1 fully saturated rings. The van der Waals surface area contributed by atoms with Crippen LogP contribution in [0.5, 0.6) is 0 Å². The van der Waals surface area contributed by atoms with Crippen molar-refractivity contribution in [3.8, 4) is 0 Å². The molecule has 1 N–H and O–H groups in total. The molecule has 0 amide bonds. The van der Waals surface area contributed by atoms with Crippen LogP contribution in [0, 0.1) is 13.8 Å². The number of halogens is 1. The lowest BCUT2D eigenvalue weighted by molar-refractivity contribution is 0.153. The quantitative estimate of drug-likeness (QED) is 0.941. The first kappa shape index (κ1) is 16.9. The standard InChI is InChI=1S/C18H23N3.ClH/c1-14-5-3-6-15(2)17(14)13-21-10-9-20-12-18(21)16-7-4-8-19-11-16;/h3-8,11,18,20H,9-10,12-13H2,1-2H3;1H. The minimum Gasteiger partial charge on any atom is -0.314 e. The van der Waals surface area contributed by atoms with Crippen LogP contribution >= 0.6 is 12.4 Å². The second-order valence-corrected chi connectivity index (χ2v) is 5.85. The van der Waals surface area contributed by atoms with Gasteiger partial charge in [-0.2, -0.15) is 0 Å². The van der Waals surface area contributed by atoms with E-state index in [4.69, 9.17) is 0 Å². The van der Waals surface area contributed by atoms with Crippen molar-refractivity contribution in [2.75, 3.05) is 19.6 Å². The van der Waals surface area contributed by atoms with Crippen molar-refractivity contribution in [3.05, 3.63) is 65.0 Å². The summed E-state index contributed by atoms with van der Waals surface area (Å²) in [6.07, 6.45) is 3.84. The normalized spacial score (nSPS) is 18.7. The molecule has 0 bridgehead atoms. The average molecular weight is 318 g/mol. The van der Waals surface area contributed by atoms with Crippen LogP contribution in [0.2, 0.25) is 0 Å². The van der Waals surface area contributed by atoms with Gasteiger partial charge in [-0.15, -0.1) is 12.4 Å². The van der Waals surface area contributed by atoms with E-state index in [-0.39, 0.29) is 12.4 Å². The van der Waals surface area contributed by atoms with Crippen LogP contribution in [0.3, 0.4) is 0 Å². The molecule has 0 aliphatic carbocycles. The number of nitrogens with one attached hydrogen (secondary N) is 1. The smallest absolute Gasteiger partial charge is 0.0491 e. The zero-order chi connectivity index (χ0) is 14.7. The number of piperazine rings is 1. The summed E-state index contributed by atoms with van der Waals surface area (Å²) in [4.78, 5) is 6.85. The summed E-state index contributed by atoms with van der Waals surface area (Å²) in [5.74, 6) is 0. The summed E-state index contributed by atoms with van der Waals surface area (Å²) < 4.78 is 0. The van der Waals surface area contributed by atoms with Crippen molar-refractivity contribution in [1.29, 1.82) is 0 Å². The Morgan fingerprint density at radius 1 is 1.18 bits per heavy atom. The van der Waals surface area contributed by atoms with E-state index in [0.29, 0.717) is 6.04 Å². The molecule has 4 heteroatoms. The van der Waals surface area contributed by atoms with Gasteiger partial charge in [0.25, 0.3) is 0 Å². The van der Waals surface area contributed by atoms with Crippen LogP contribution in [-0.2, 0) is 6.54 Å². The summed E-state index contributed by atoms with van der Waals surface area (Å²) in [5.41, 5.74) is 5.54. The molecule has 118 valence electrons. The van der Waals surface area contributed by atoms with E-state index in [1.165, 1.54) is 22.3 Å². The maximum Gasteiger partial charge on any atom is 0.0491 e. The largest absolute Gasteiger partial charge is 0.314 e. The van der Waals surface area contributed by atoms with Gasteiger partial charge in [-0.05, 0) is 42.2 Å². The Kier molecular flexibility index (Phi) is 5.95. The lowest BCUT2D eigenvalue weighted by Gasteiger charge is -2.37. The van der Waals surface area contributed by atoms with Gasteiger partial charge in [-0.3, -0.25) is 9.88 Å². The molecule has 1 unspecified atom stereocenters. The molecule has 0 radical (unpaired) electrons. The van der Waals surface area contributed by atoms with Gasteiger partial charge < -0.3 is 5.32 Å². The second kappa shape index (κ2) is 7.73. The zero-order valence-corrected chi connectivity index (χ0v) is 14.1. The highest BCUT2D eigenvalue weighted by atomic mass is 35.5. The monoisotopic (exact) mass is 317 g/mol. The first-order valence-corrected chi connectivity index (χ1v) is 7.65. The minimum absolute atomic E-state index is 0. The molecule has 0 spiro atoms. The Morgan fingerprint density at radius 2 is 1.95 bits per heavy atom. The zero-order valence-electron chi connectivity index (χ0n) is 13.2. The van der Waals surface area contributed by atoms with Crippen molar-refractivity contribution in [2.45, 2.75) is 26.4 Å². The van der Waals surface area contributed by atoms with Gasteiger partial charge in [0.15, 0.2) is 0 Å². The Hall–Kier alpha value is -1.42. The van der Waals surface area contributed by atoms with E-state index in [1.807, 2.05) is 18.5 Å². The Morgan fingerprint density at radius 3 is 2.64 bits per heavy atom. The maximum absolute atomic E-state index is 4.28. The fourth-order valence-corrected chi connectivity index (χ4v) is 3.14. The van der Waals surface area contributed by atoms with Crippen molar-refractivity contribution < 1.29 is 0 Å². The SMILES string of the molecule is Cc1cccc(C)c1CN1CCNCC1c1cccnc1.Cl. The van der Waals surface area contributed by atoms with Gasteiger partial charge in [0.1, 0.15) is 0 Å². The summed E-state index contributed by atoms with van der Waals surface area (Å²) in [6, 6.07) is 11.2. The summed E-state index contributed by atoms with van der Waals surface area (Å²) in [6.45, 7) is 8.57. The van der Waals surface area contributed by atoms with Crippen LogP contribution < -0.4 is 5.32 Å². The fourth-order valence-electron chi connectivity index (χ4n) is 3.14. The van der Waals surface area contributed by atoms with Crippen LogP contribution in [0.1, 0.15) is 28.3 Å². The third kappa shape index (κ3) is 3.67. The molecule has 1 aromatic carbocycles. The Bertz CT molecular complexity index is 580. The van der Waals surface area contributed by atoms with Gasteiger partial charge >= 0.3 is 0 Å². The molecule has 1 aliphatic heterocycles. The third-order valence-electron chi connectivity index (χ3n) is 4.43. The van der Waals surface area contributed by atoms with E-state index in [9.17, 15) is 0 Å². The van der Waals surface area contributed by atoms with Crippen LogP contribution in [0.4, 0.5) is 0 Å². The van der Waals surface area contributed by atoms with Gasteiger partial charge in [-0.1, -0.05) is 24.3 Å². The molecule has 1 atom stereocenters. The predicted octanol–water partition coefficient (Wildman–Crippen LogP) is 3.27. The van der Waals surface area contributed by atoms with Crippen molar-refractivity contribution in [1.82, 2.24) is 15.2 Å². The second-order valence-electron chi connectivity index (χ2n) is 5.85. The molecular formula is C18H24ClN3. The first-order valence-electron chi connectivity index (χ1n) is 7.65. The molecule has 1 aliphatic rings. The van der Waals surface area contributed by atoms with Crippen molar-refractivity contribution >= 4 is 12.4 Å². The average Bonchev–Trinajstić information content (AvgIpc) is 2.52. The van der Waals surface area contributed by atoms with Gasteiger partial charge in [-0.25, -0.2) is 0 Å². The van der Waals surface area contributed by atoms with Gasteiger partial charge in [0.2, 0.25) is 0 Å². The number of benzene rings is 1. The minimum atomic E-state index is 0. The fraction of sp³-hybridized carbons (Fsp3) is 0.389. The lowest BCUT2D eigenvalue weighted by atomic mass is 9.99. The molecule has 2 aromatic rings. The van der Waals surface area contributed by atoms with Crippen LogP contribution in [0.15, 0.2) is 42.7 Å². The number of pyridine rings is 1. The molecule has 1 saturated heterocycles. The topological polar surface area (TPSA) is 28.2 Å². The van der Waals surface area contributed by atoms with E-state index in [0.717, 1.165) is 26.2 Å². The number of aryl methyl sites for hydroxylation is 2. The lowest BCUT2D eigenvalue weighted by Crippen LogP contribution is -2.45. The van der Waals surface area contributed by atoms with Gasteiger partial charge in [0, 0.05) is 44.6 Å². The number of nitrogens with zero attached hydrogens (tertiary/aromatic N) is 2. The number of aromatic nitrogens is 1. The van der Waals surface area contributed by atoms with Crippen LogP contribution in [-0.4, -0.2) is 29.5 Å². The number of hydrogen-bond donors (Lipinski definition) is 1. The summed E-state index contributed by atoms with van der Waals surface area (Å²) in [7, 11) is 0. The number of hydrogen-bond acceptors (Lipinski definition) is 3. The van der Waals surface area contributed by atoms with Crippen molar-refractivity contribution in [3.63, 3.8) is 0 Å². The highest BCUT2D eigenvalue weighted by molar-refractivity contribution is 5.85. The maximum atomic E-state index is 4.28. The molecule has 3 rings (SSSR count). The molecule has 2 heterocycles. The van der Waals surface area contributed by atoms with Crippen molar-refractivity contribution in [2.24, 2.45) is 0 Å². The number of rotatable bonds is 3. The summed E-state index contributed by atoms with van der Waals surface area (Å²) >= 11 is 0. The first-order chi connectivity index (χ1) is 10.3. The van der Waals surface area contributed by atoms with Crippen LogP contribution in [0.25, 0.3) is 0 Å². The highest BCUT2D eigenvalue weighted by Gasteiger charge is 2.24. The van der Waals surface area contributed by atoms with E-state index < -0.39 is 0 Å². The Balaban J connectivity index is 0.00000176. The molecular weight excluding hydrogens is 294 g/mol. The molecule has 0 saturated carbocycles. The molecule has 1 aromatic heterocycles.